The minimum atomic E-state index is -0.404. The number of benzene rings is 2. The van der Waals surface area contributed by atoms with Crippen LogP contribution in [0.3, 0.4) is 0 Å². The Bertz CT molecular complexity index is 862. The molecule has 0 saturated heterocycles. The molecule has 1 amide bonds. The van der Waals surface area contributed by atoms with Crippen molar-refractivity contribution in [2.45, 2.75) is 6.92 Å². The largest absolute Gasteiger partial charge is 0.354 e. The first-order chi connectivity index (χ1) is 11.6. The van der Waals surface area contributed by atoms with Gasteiger partial charge in [-0.05, 0) is 55.0 Å². The summed E-state index contributed by atoms with van der Waals surface area (Å²) in [6, 6.07) is 17.1. The molecule has 120 valence electrons. The molecule has 5 heteroatoms. The number of carbonyl (C=O) groups is 1. The van der Waals surface area contributed by atoms with E-state index < -0.39 is 5.82 Å². The van der Waals surface area contributed by atoms with Crippen molar-refractivity contribution in [1.82, 2.24) is 4.98 Å². The van der Waals surface area contributed by atoms with Gasteiger partial charge in [0, 0.05) is 11.4 Å². The third kappa shape index (κ3) is 3.95. The molecule has 0 aliphatic heterocycles. The first-order valence-electron chi connectivity index (χ1n) is 7.47. The van der Waals surface area contributed by atoms with Crippen molar-refractivity contribution in [3.8, 4) is 0 Å². The maximum atomic E-state index is 13.1. The van der Waals surface area contributed by atoms with Crippen molar-refractivity contribution in [3.63, 3.8) is 0 Å². The van der Waals surface area contributed by atoms with Crippen LogP contribution in [0.15, 0.2) is 66.9 Å². The minimum Gasteiger partial charge on any atom is -0.354 e. The lowest BCUT2D eigenvalue weighted by atomic mass is 10.2. The van der Waals surface area contributed by atoms with E-state index in [0.29, 0.717) is 5.69 Å². The fourth-order valence-electron chi connectivity index (χ4n) is 2.25. The zero-order chi connectivity index (χ0) is 16.9. The van der Waals surface area contributed by atoms with Crippen LogP contribution >= 0.6 is 0 Å². The number of nitrogens with one attached hydrogen (secondary N) is 2. The number of amides is 1. The highest BCUT2D eigenvalue weighted by atomic mass is 19.1. The average Bonchev–Trinajstić information content (AvgIpc) is 2.55. The Kier molecular flexibility index (Phi) is 4.52. The molecule has 0 aliphatic carbocycles. The van der Waals surface area contributed by atoms with Gasteiger partial charge in [-0.2, -0.15) is 0 Å². The van der Waals surface area contributed by atoms with Gasteiger partial charge in [0.05, 0.1) is 11.9 Å². The summed E-state index contributed by atoms with van der Waals surface area (Å²) < 4.78 is 13.1. The zero-order valence-corrected chi connectivity index (χ0v) is 13.1. The van der Waals surface area contributed by atoms with E-state index in [1.165, 1.54) is 18.2 Å². The van der Waals surface area contributed by atoms with E-state index in [9.17, 15) is 9.18 Å². The summed E-state index contributed by atoms with van der Waals surface area (Å²) in [7, 11) is 0. The fourth-order valence-corrected chi connectivity index (χ4v) is 2.25. The summed E-state index contributed by atoms with van der Waals surface area (Å²) in [5, 5.41) is 5.84. The van der Waals surface area contributed by atoms with Gasteiger partial charge in [-0.1, -0.05) is 18.2 Å². The van der Waals surface area contributed by atoms with E-state index in [-0.39, 0.29) is 11.6 Å². The van der Waals surface area contributed by atoms with Crippen LogP contribution in [0.1, 0.15) is 16.1 Å². The molecular formula is C19H16FN3O. The number of carbonyl (C=O) groups excluding carboxylic acids is 1. The molecule has 0 atom stereocenters. The molecule has 3 rings (SSSR count). The number of rotatable bonds is 4. The van der Waals surface area contributed by atoms with Crippen molar-refractivity contribution in [2.75, 3.05) is 10.6 Å². The number of aromatic nitrogens is 1. The van der Waals surface area contributed by atoms with E-state index in [1.807, 2.05) is 31.2 Å². The Hall–Kier alpha value is -3.21. The highest BCUT2D eigenvalue weighted by Gasteiger charge is 2.08. The van der Waals surface area contributed by atoms with Gasteiger partial charge in [-0.25, -0.2) is 9.37 Å². The molecule has 2 N–H and O–H groups in total. The number of anilines is 3. The van der Waals surface area contributed by atoms with E-state index in [0.717, 1.165) is 16.9 Å². The second-order valence-electron chi connectivity index (χ2n) is 5.39. The molecule has 1 heterocycles. The number of nitrogens with zero attached hydrogens (tertiary/aromatic N) is 1. The predicted octanol–water partition coefficient (Wildman–Crippen LogP) is 4.53. The molecule has 0 bridgehead atoms. The summed E-state index contributed by atoms with van der Waals surface area (Å²) in [6.07, 6.45) is 1.59. The van der Waals surface area contributed by atoms with Crippen LogP contribution in [0.5, 0.6) is 0 Å². The highest BCUT2D eigenvalue weighted by Crippen LogP contribution is 2.17. The van der Waals surface area contributed by atoms with Gasteiger partial charge in [0.2, 0.25) is 0 Å². The molecule has 24 heavy (non-hydrogen) atoms. The molecule has 1 aromatic heterocycles. The quantitative estimate of drug-likeness (QED) is 0.742. The van der Waals surface area contributed by atoms with Crippen molar-refractivity contribution in [2.24, 2.45) is 0 Å². The van der Waals surface area contributed by atoms with Crippen LogP contribution in [-0.2, 0) is 0 Å². The molecule has 0 unspecified atom stereocenters. The van der Waals surface area contributed by atoms with Gasteiger partial charge in [0.15, 0.2) is 0 Å². The standard InChI is InChI=1S/C19H16FN3O/c1-13-4-2-6-15(10-13)22-17-8-9-18(21-12-17)19(24)23-16-7-3-5-14(20)11-16/h2-12,22H,1H3,(H,23,24). The Morgan fingerprint density at radius 2 is 1.75 bits per heavy atom. The maximum Gasteiger partial charge on any atom is 0.274 e. The van der Waals surface area contributed by atoms with Gasteiger partial charge in [0.25, 0.3) is 5.91 Å². The van der Waals surface area contributed by atoms with Gasteiger partial charge in [-0.3, -0.25) is 4.79 Å². The summed E-state index contributed by atoms with van der Waals surface area (Å²) in [6.45, 7) is 2.02. The van der Waals surface area contributed by atoms with Crippen molar-refractivity contribution in [1.29, 1.82) is 0 Å². The van der Waals surface area contributed by atoms with E-state index >= 15 is 0 Å². The van der Waals surface area contributed by atoms with Crippen LogP contribution in [0, 0.1) is 12.7 Å². The SMILES string of the molecule is Cc1cccc(Nc2ccc(C(=O)Nc3cccc(F)c3)nc2)c1. The number of hydrogen-bond donors (Lipinski definition) is 2. The third-order valence-corrected chi connectivity index (χ3v) is 3.39. The Morgan fingerprint density at radius 3 is 2.46 bits per heavy atom. The van der Waals surface area contributed by atoms with Gasteiger partial charge in [0.1, 0.15) is 11.5 Å². The number of halogens is 1. The predicted molar refractivity (Wildman–Crippen MR) is 93.1 cm³/mol. The van der Waals surface area contributed by atoms with Crippen LogP contribution in [-0.4, -0.2) is 10.9 Å². The topological polar surface area (TPSA) is 54.0 Å². The average molecular weight is 321 g/mol. The van der Waals surface area contributed by atoms with E-state index in [2.05, 4.69) is 15.6 Å². The summed E-state index contributed by atoms with van der Waals surface area (Å²) in [4.78, 5) is 16.3. The smallest absolute Gasteiger partial charge is 0.274 e. The van der Waals surface area contributed by atoms with Gasteiger partial charge in [-0.15, -0.1) is 0 Å². The second-order valence-corrected chi connectivity index (χ2v) is 5.39. The Morgan fingerprint density at radius 1 is 0.958 bits per heavy atom. The molecule has 4 nitrogen and oxygen atoms in total. The molecule has 0 spiro atoms. The van der Waals surface area contributed by atoms with E-state index in [4.69, 9.17) is 0 Å². The summed E-state index contributed by atoms with van der Waals surface area (Å²) in [5.41, 5.74) is 3.54. The monoisotopic (exact) mass is 321 g/mol. The van der Waals surface area contributed by atoms with Crippen LogP contribution in [0.4, 0.5) is 21.5 Å². The second kappa shape index (κ2) is 6.91. The first kappa shape index (κ1) is 15.7. The van der Waals surface area contributed by atoms with E-state index in [1.54, 1.807) is 24.4 Å². The van der Waals surface area contributed by atoms with Crippen LogP contribution < -0.4 is 10.6 Å². The molecular weight excluding hydrogens is 305 g/mol. The highest BCUT2D eigenvalue weighted by molar-refractivity contribution is 6.02. The number of aryl methyl sites for hydroxylation is 1. The Balaban J connectivity index is 1.68. The number of pyridine rings is 1. The molecule has 0 radical (unpaired) electrons. The molecule has 0 fully saturated rings. The first-order valence-corrected chi connectivity index (χ1v) is 7.47. The third-order valence-electron chi connectivity index (χ3n) is 3.39. The number of hydrogen-bond acceptors (Lipinski definition) is 3. The molecule has 3 aromatic rings. The zero-order valence-electron chi connectivity index (χ0n) is 13.1. The van der Waals surface area contributed by atoms with Gasteiger partial charge < -0.3 is 10.6 Å². The summed E-state index contributed by atoms with van der Waals surface area (Å²) in [5.74, 6) is -0.791. The normalized spacial score (nSPS) is 10.2. The molecule has 2 aromatic carbocycles. The summed E-state index contributed by atoms with van der Waals surface area (Å²) >= 11 is 0. The van der Waals surface area contributed by atoms with Crippen LogP contribution in [0.25, 0.3) is 0 Å². The van der Waals surface area contributed by atoms with Crippen molar-refractivity contribution in [3.05, 3.63) is 83.9 Å². The molecule has 0 aliphatic rings. The minimum absolute atomic E-state index is 0.258. The lowest BCUT2D eigenvalue weighted by molar-refractivity contribution is 0.102. The lowest BCUT2D eigenvalue weighted by Crippen LogP contribution is -2.13. The van der Waals surface area contributed by atoms with Crippen molar-refractivity contribution >= 4 is 23.0 Å². The molecule has 0 saturated carbocycles. The Labute approximate surface area is 139 Å². The maximum absolute atomic E-state index is 13.1. The lowest BCUT2D eigenvalue weighted by Gasteiger charge is -2.08. The van der Waals surface area contributed by atoms with Crippen LogP contribution in [0.2, 0.25) is 0 Å². The fraction of sp³-hybridized carbons (Fsp3) is 0.0526. The van der Waals surface area contributed by atoms with Crippen molar-refractivity contribution < 1.29 is 9.18 Å². The van der Waals surface area contributed by atoms with Gasteiger partial charge >= 0.3 is 0 Å².